The molecule has 154 valence electrons. The first-order chi connectivity index (χ1) is 13.4. The van der Waals surface area contributed by atoms with Crippen molar-refractivity contribution in [3.05, 3.63) is 28.6 Å². The van der Waals surface area contributed by atoms with Crippen LogP contribution in [0.15, 0.2) is 11.6 Å². The second kappa shape index (κ2) is 10.4. The molecule has 2 atom stereocenters. The second-order valence-electron chi connectivity index (χ2n) is 7.38. The number of hydrogen-bond acceptors (Lipinski definition) is 5. The molecule has 0 bridgehead atoms. The Balaban J connectivity index is 2.07. The van der Waals surface area contributed by atoms with Crippen molar-refractivity contribution < 1.29 is 14.3 Å². The van der Waals surface area contributed by atoms with E-state index in [1.807, 2.05) is 26.0 Å². The van der Waals surface area contributed by atoms with Crippen molar-refractivity contribution >= 4 is 12.0 Å². The summed E-state index contributed by atoms with van der Waals surface area (Å²) in [5.74, 6) is -0.336. The van der Waals surface area contributed by atoms with E-state index in [9.17, 15) is 10.1 Å². The minimum Gasteiger partial charge on any atom is -0.383 e. The van der Waals surface area contributed by atoms with Gasteiger partial charge >= 0.3 is 0 Å². The number of carbonyl (C=O) groups is 1. The highest BCUT2D eigenvalue weighted by Crippen LogP contribution is 2.22. The SMILES string of the molecule is COCC(C)n1c(C)cc(/C=C(\C#N)C(=O)NCC(C)N2CCOCC2)c1C. The molecule has 0 aromatic carbocycles. The van der Waals surface area contributed by atoms with Gasteiger partial charge in [-0.15, -0.1) is 0 Å². The van der Waals surface area contributed by atoms with Crippen LogP contribution in [0.5, 0.6) is 0 Å². The van der Waals surface area contributed by atoms with Crippen LogP contribution in [0.2, 0.25) is 0 Å². The van der Waals surface area contributed by atoms with Crippen LogP contribution in [0.3, 0.4) is 0 Å². The zero-order valence-corrected chi connectivity index (χ0v) is 17.6. The number of ether oxygens (including phenoxy) is 2. The molecule has 1 aliphatic heterocycles. The number of aryl methyl sites for hydroxylation is 1. The fraction of sp³-hybridized carbons (Fsp3) is 0.619. The van der Waals surface area contributed by atoms with E-state index in [2.05, 4.69) is 28.6 Å². The van der Waals surface area contributed by atoms with Gasteiger partial charge in [-0.25, -0.2) is 0 Å². The van der Waals surface area contributed by atoms with Gasteiger partial charge in [0.1, 0.15) is 11.6 Å². The summed E-state index contributed by atoms with van der Waals surface area (Å²) in [6.07, 6.45) is 1.67. The molecule has 2 heterocycles. The first-order valence-electron chi connectivity index (χ1n) is 9.78. The molecule has 0 spiro atoms. The number of aromatic nitrogens is 1. The van der Waals surface area contributed by atoms with Gasteiger partial charge < -0.3 is 19.4 Å². The minimum atomic E-state index is -0.336. The average Bonchev–Trinajstić information content (AvgIpc) is 2.97. The van der Waals surface area contributed by atoms with Crippen LogP contribution in [0.4, 0.5) is 0 Å². The molecule has 0 radical (unpaired) electrons. The molecule has 0 saturated carbocycles. The Hall–Kier alpha value is -2.14. The van der Waals surface area contributed by atoms with Crippen molar-refractivity contribution in [2.24, 2.45) is 0 Å². The second-order valence-corrected chi connectivity index (χ2v) is 7.38. The number of carbonyl (C=O) groups excluding carboxylic acids is 1. The smallest absolute Gasteiger partial charge is 0.262 e. The number of nitrogens with one attached hydrogen (secondary N) is 1. The molecule has 28 heavy (non-hydrogen) atoms. The third-order valence-electron chi connectivity index (χ3n) is 5.26. The van der Waals surface area contributed by atoms with Crippen molar-refractivity contribution in [3.8, 4) is 6.07 Å². The van der Waals surface area contributed by atoms with Crippen molar-refractivity contribution in [1.82, 2.24) is 14.8 Å². The standard InChI is InChI=1S/C21H32N4O3/c1-15-10-19(18(4)25(15)17(3)14-27-5)11-20(12-22)21(26)23-13-16(2)24-6-8-28-9-7-24/h10-11,16-17H,6-9,13-14H2,1-5H3,(H,23,26)/b20-11+. The molecule has 1 fully saturated rings. The van der Waals surface area contributed by atoms with E-state index in [1.165, 1.54) is 0 Å². The van der Waals surface area contributed by atoms with E-state index in [-0.39, 0.29) is 23.6 Å². The van der Waals surface area contributed by atoms with Crippen LogP contribution >= 0.6 is 0 Å². The fourth-order valence-corrected chi connectivity index (χ4v) is 3.73. The van der Waals surface area contributed by atoms with Crippen LogP contribution in [-0.4, -0.2) is 68.0 Å². The summed E-state index contributed by atoms with van der Waals surface area (Å²) in [7, 11) is 1.68. The minimum absolute atomic E-state index is 0.119. The van der Waals surface area contributed by atoms with E-state index in [0.717, 1.165) is 43.3 Å². The quantitative estimate of drug-likeness (QED) is 0.545. The Labute approximate surface area is 167 Å². The zero-order chi connectivity index (χ0) is 20.7. The van der Waals surface area contributed by atoms with E-state index in [1.54, 1.807) is 13.2 Å². The molecular formula is C21H32N4O3. The van der Waals surface area contributed by atoms with Gasteiger partial charge in [0.2, 0.25) is 0 Å². The first kappa shape index (κ1) is 22.2. The van der Waals surface area contributed by atoms with Crippen LogP contribution < -0.4 is 5.32 Å². The summed E-state index contributed by atoms with van der Waals surface area (Å²) >= 11 is 0. The fourth-order valence-electron chi connectivity index (χ4n) is 3.73. The van der Waals surface area contributed by atoms with Gasteiger partial charge in [0.05, 0.1) is 25.9 Å². The van der Waals surface area contributed by atoms with Gasteiger partial charge in [0.15, 0.2) is 0 Å². The number of nitriles is 1. The number of nitrogens with zero attached hydrogens (tertiary/aromatic N) is 3. The van der Waals surface area contributed by atoms with Crippen LogP contribution in [0.1, 0.15) is 36.8 Å². The highest BCUT2D eigenvalue weighted by molar-refractivity contribution is 6.01. The molecule has 0 aliphatic carbocycles. The summed E-state index contributed by atoms with van der Waals surface area (Å²) < 4.78 is 12.8. The zero-order valence-electron chi connectivity index (χ0n) is 17.6. The highest BCUT2D eigenvalue weighted by atomic mass is 16.5. The van der Waals surface area contributed by atoms with Gasteiger partial charge in [0.25, 0.3) is 5.91 Å². The summed E-state index contributed by atoms with van der Waals surface area (Å²) in [6.45, 7) is 12.5. The maximum Gasteiger partial charge on any atom is 0.262 e. The number of morpholine rings is 1. The van der Waals surface area contributed by atoms with Crippen LogP contribution in [0, 0.1) is 25.2 Å². The largest absolute Gasteiger partial charge is 0.383 e. The Morgan fingerprint density at radius 3 is 2.64 bits per heavy atom. The van der Waals surface area contributed by atoms with E-state index >= 15 is 0 Å². The molecule has 7 heteroatoms. The molecule has 7 nitrogen and oxygen atoms in total. The lowest BCUT2D eigenvalue weighted by molar-refractivity contribution is -0.117. The summed E-state index contributed by atoms with van der Waals surface area (Å²) in [5, 5.41) is 12.4. The molecule has 1 aromatic rings. The molecule has 1 aromatic heterocycles. The van der Waals surface area contributed by atoms with E-state index < -0.39 is 0 Å². The number of amides is 1. The van der Waals surface area contributed by atoms with Crippen molar-refractivity contribution in [2.75, 3.05) is 46.6 Å². The summed E-state index contributed by atoms with van der Waals surface area (Å²) in [4.78, 5) is 14.8. The van der Waals surface area contributed by atoms with Gasteiger partial charge in [-0.1, -0.05) is 0 Å². The van der Waals surface area contributed by atoms with Gasteiger partial charge in [-0.2, -0.15) is 5.26 Å². The third-order valence-corrected chi connectivity index (χ3v) is 5.26. The molecule has 1 N–H and O–H groups in total. The lowest BCUT2D eigenvalue weighted by atomic mass is 10.1. The topological polar surface area (TPSA) is 79.5 Å². The molecule has 1 saturated heterocycles. The van der Waals surface area contributed by atoms with Crippen LogP contribution in [-0.2, 0) is 14.3 Å². The maximum absolute atomic E-state index is 12.5. The predicted octanol–water partition coefficient (Wildman–Crippen LogP) is 2.06. The maximum atomic E-state index is 12.5. The van der Waals surface area contributed by atoms with Crippen molar-refractivity contribution in [1.29, 1.82) is 5.26 Å². The van der Waals surface area contributed by atoms with Crippen molar-refractivity contribution in [3.63, 3.8) is 0 Å². The van der Waals surface area contributed by atoms with E-state index in [0.29, 0.717) is 13.2 Å². The Kier molecular flexibility index (Phi) is 8.24. The van der Waals surface area contributed by atoms with Gasteiger partial charge in [-0.05, 0) is 45.4 Å². The molecule has 1 amide bonds. The van der Waals surface area contributed by atoms with Crippen molar-refractivity contribution in [2.45, 2.75) is 39.8 Å². The molecule has 1 aliphatic rings. The Morgan fingerprint density at radius 1 is 1.36 bits per heavy atom. The average molecular weight is 389 g/mol. The monoisotopic (exact) mass is 388 g/mol. The molecule has 2 rings (SSSR count). The van der Waals surface area contributed by atoms with Gasteiger partial charge in [0, 0.05) is 44.2 Å². The lowest BCUT2D eigenvalue weighted by Crippen LogP contribution is -2.47. The van der Waals surface area contributed by atoms with E-state index in [4.69, 9.17) is 9.47 Å². The van der Waals surface area contributed by atoms with Gasteiger partial charge in [-0.3, -0.25) is 9.69 Å². The predicted molar refractivity (Wildman–Crippen MR) is 109 cm³/mol. The Morgan fingerprint density at radius 2 is 2.04 bits per heavy atom. The summed E-state index contributed by atoms with van der Waals surface area (Å²) in [5.41, 5.74) is 3.10. The first-order valence-corrected chi connectivity index (χ1v) is 9.78. The summed E-state index contributed by atoms with van der Waals surface area (Å²) in [6, 6.07) is 4.43. The third kappa shape index (κ3) is 5.44. The number of rotatable bonds is 8. The number of methoxy groups -OCH3 is 1. The normalized spacial score (nSPS) is 17.8. The highest BCUT2D eigenvalue weighted by Gasteiger charge is 2.19. The lowest BCUT2D eigenvalue weighted by Gasteiger charge is -2.32. The Bertz CT molecular complexity index is 742. The number of hydrogen-bond donors (Lipinski definition) is 1. The molecule has 2 unspecified atom stereocenters. The van der Waals surface area contributed by atoms with Crippen LogP contribution in [0.25, 0.3) is 6.08 Å². The molecular weight excluding hydrogens is 356 g/mol.